The van der Waals surface area contributed by atoms with Crippen LogP contribution in [0.2, 0.25) is 0 Å². The molecule has 17 heavy (non-hydrogen) atoms. The average Bonchev–Trinajstić information content (AvgIpc) is 2.40. The number of fused-ring (bicyclic) bond motifs is 1. The topological polar surface area (TPSA) is 24.9 Å². The molecule has 0 saturated heterocycles. The van der Waals surface area contributed by atoms with Gasteiger partial charge in [0.1, 0.15) is 0 Å². The van der Waals surface area contributed by atoms with E-state index in [4.69, 9.17) is 0 Å². The second kappa shape index (κ2) is 5.78. The summed E-state index contributed by atoms with van der Waals surface area (Å²) in [6, 6.07) is 9.02. The largest absolute Gasteiger partial charge is 0.310 e. The van der Waals surface area contributed by atoms with Crippen LogP contribution in [0.4, 0.5) is 0 Å². The zero-order valence-corrected chi connectivity index (χ0v) is 10.6. The fourth-order valence-corrected chi connectivity index (χ4v) is 2.24. The molecule has 0 bridgehead atoms. The summed E-state index contributed by atoms with van der Waals surface area (Å²) in [4.78, 5) is 4.18. The highest BCUT2D eigenvalue weighted by Gasteiger charge is 2.10. The minimum atomic E-state index is 0.445. The van der Waals surface area contributed by atoms with Gasteiger partial charge in [-0.15, -0.1) is 0 Å². The van der Waals surface area contributed by atoms with Crippen molar-refractivity contribution in [2.75, 3.05) is 6.54 Å². The van der Waals surface area contributed by atoms with Crippen LogP contribution in [0.15, 0.2) is 36.7 Å². The second-order valence-corrected chi connectivity index (χ2v) is 4.36. The van der Waals surface area contributed by atoms with Gasteiger partial charge in [0.15, 0.2) is 0 Å². The molecule has 0 fully saturated rings. The molecule has 0 saturated carbocycles. The summed E-state index contributed by atoms with van der Waals surface area (Å²) in [5.74, 6) is 0. The predicted molar refractivity (Wildman–Crippen MR) is 73.1 cm³/mol. The minimum Gasteiger partial charge on any atom is -0.310 e. The highest BCUT2D eigenvalue weighted by molar-refractivity contribution is 5.85. The number of aromatic nitrogens is 1. The summed E-state index contributed by atoms with van der Waals surface area (Å²) in [7, 11) is 0. The summed E-state index contributed by atoms with van der Waals surface area (Å²) in [6.45, 7) is 5.50. The van der Waals surface area contributed by atoms with Crippen molar-refractivity contribution in [3.05, 3.63) is 42.2 Å². The normalized spacial score (nSPS) is 12.8. The third kappa shape index (κ3) is 2.64. The van der Waals surface area contributed by atoms with Gasteiger partial charge in [-0.05, 0) is 36.4 Å². The van der Waals surface area contributed by atoms with Crippen LogP contribution in [0.25, 0.3) is 10.8 Å². The highest BCUT2D eigenvalue weighted by Crippen LogP contribution is 2.25. The van der Waals surface area contributed by atoms with Crippen molar-refractivity contribution in [1.82, 2.24) is 10.3 Å². The first-order valence-electron chi connectivity index (χ1n) is 6.42. The van der Waals surface area contributed by atoms with E-state index < -0.39 is 0 Å². The van der Waals surface area contributed by atoms with Gasteiger partial charge in [-0.1, -0.05) is 32.0 Å². The van der Waals surface area contributed by atoms with Crippen LogP contribution >= 0.6 is 0 Å². The molecule has 2 nitrogen and oxygen atoms in total. The SMILES string of the molecule is CCCNC(CC)c1cccc2cnccc12. The van der Waals surface area contributed by atoms with Crippen molar-refractivity contribution < 1.29 is 0 Å². The van der Waals surface area contributed by atoms with Crippen LogP contribution in [0.3, 0.4) is 0 Å². The van der Waals surface area contributed by atoms with Crippen LogP contribution in [-0.4, -0.2) is 11.5 Å². The average molecular weight is 228 g/mol. The minimum absolute atomic E-state index is 0.445. The van der Waals surface area contributed by atoms with E-state index in [2.05, 4.69) is 48.4 Å². The summed E-state index contributed by atoms with van der Waals surface area (Å²) in [5, 5.41) is 6.15. The molecule has 1 unspecified atom stereocenters. The highest BCUT2D eigenvalue weighted by atomic mass is 14.9. The van der Waals surface area contributed by atoms with Gasteiger partial charge >= 0.3 is 0 Å². The lowest BCUT2D eigenvalue weighted by Crippen LogP contribution is -2.21. The lowest BCUT2D eigenvalue weighted by Gasteiger charge is -2.19. The molecular formula is C15H20N2. The van der Waals surface area contributed by atoms with Gasteiger partial charge in [-0.25, -0.2) is 0 Å². The summed E-state index contributed by atoms with van der Waals surface area (Å²) in [5.41, 5.74) is 1.39. The summed E-state index contributed by atoms with van der Waals surface area (Å²) in [6.07, 6.45) is 6.09. The van der Waals surface area contributed by atoms with Crippen LogP contribution in [0.1, 0.15) is 38.3 Å². The van der Waals surface area contributed by atoms with Gasteiger partial charge in [-0.2, -0.15) is 0 Å². The molecule has 1 aromatic heterocycles. The van der Waals surface area contributed by atoms with E-state index in [0.717, 1.165) is 13.0 Å². The van der Waals surface area contributed by atoms with Crippen molar-refractivity contribution >= 4 is 10.8 Å². The summed E-state index contributed by atoms with van der Waals surface area (Å²) >= 11 is 0. The van der Waals surface area contributed by atoms with E-state index >= 15 is 0 Å². The van der Waals surface area contributed by atoms with E-state index in [1.807, 2.05) is 12.4 Å². The Morgan fingerprint density at radius 3 is 2.88 bits per heavy atom. The molecule has 0 amide bonds. The molecule has 0 aliphatic rings. The Bertz CT molecular complexity index is 474. The molecule has 1 N–H and O–H groups in total. The maximum absolute atomic E-state index is 4.18. The number of hydrogen-bond acceptors (Lipinski definition) is 2. The lowest BCUT2D eigenvalue weighted by atomic mass is 9.98. The Hall–Kier alpha value is -1.41. The molecule has 1 aromatic carbocycles. The maximum Gasteiger partial charge on any atom is 0.0346 e. The second-order valence-electron chi connectivity index (χ2n) is 4.36. The fourth-order valence-electron chi connectivity index (χ4n) is 2.24. The number of nitrogens with zero attached hydrogens (tertiary/aromatic N) is 1. The van der Waals surface area contributed by atoms with Gasteiger partial charge in [0.2, 0.25) is 0 Å². The first-order valence-corrected chi connectivity index (χ1v) is 6.42. The number of hydrogen-bond donors (Lipinski definition) is 1. The number of benzene rings is 1. The van der Waals surface area contributed by atoms with Gasteiger partial charge in [0.05, 0.1) is 0 Å². The van der Waals surface area contributed by atoms with E-state index in [1.165, 1.54) is 22.8 Å². The Labute approximate surface area is 103 Å². The Kier molecular flexibility index (Phi) is 4.10. The molecule has 2 aromatic rings. The zero-order valence-electron chi connectivity index (χ0n) is 10.6. The van der Waals surface area contributed by atoms with Crippen LogP contribution in [0.5, 0.6) is 0 Å². The first kappa shape index (κ1) is 12.1. The van der Waals surface area contributed by atoms with E-state index in [-0.39, 0.29) is 0 Å². The van der Waals surface area contributed by atoms with Crippen LogP contribution < -0.4 is 5.32 Å². The monoisotopic (exact) mass is 228 g/mol. The quantitative estimate of drug-likeness (QED) is 0.844. The number of rotatable bonds is 5. The summed E-state index contributed by atoms with van der Waals surface area (Å²) < 4.78 is 0. The third-order valence-electron chi connectivity index (χ3n) is 3.14. The van der Waals surface area contributed by atoms with Gasteiger partial charge in [-0.3, -0.25) is 4.98 Å². The van der Waals surface area contributed by atoms with Gasteiger partial charge in [0.25, 0.3) is 0 Å². The molecule has 2 heteroatoms. The van der Waals surface area contributed by atoms with Crippen molar-refractivity contribution in [3.63, 3.8) is 0 Å². The zero-order chi connectivity index (χ0) is 12.1. The van der Waals surface area contributed by atoms with Crippen molar-refractivity contribution in [3.8, 4) is 0 Å². The lowest BCUT2D eigenvalue weighted by molar-refractivity contribution is 0.521. The molecule has 0 aliphatic heterocycles. The maximum atomic E-state index is 4.18. The Balaban J connectivity index is 2.38. The molecule has 0 radical (unpaired) electrons. The van der Waals surface area contributed by atoms with Crippen molar-refractivity contribution in [2.45, 2.75) is 32.7 Å². The van der Waals surface area contributed by atoms with Gasteiger partial charge < -0.3 is 5.32 Å². The molecule has 1 heterocycles. The molecule has 0 spiro atoms. The number of pyridine rings is 1. The van der Waals surface area contributed by atoms with E-state index in [9.17, 15) is 0 Å². The van der Waals surface area contributed by atoms with E-state index in [1.54, 1.807) is 0 Å². The third-order valence-corrected chi connectivity index (χ3v) is 3.14. The van der Waals surface area contributed by atoms with Gasteiger partial charge in [0, 0.05) is 23.8 Å². The van der Waals surface area contributed by atoms with Crippen molar-refractivity contribution in [1.29, 1.82) is 0 Å². The number of nitrogens with one attached hydrogen (secondary N) is 1. The Morgan fingerprint density at radius 1 is 1.24 bits per heavy atom. The Morgan fingerprint density at radius 2 is 2.12 bits per heavy atom. The van der Waals surface area contributed by atoms with Crippen molar-refractivity contribution in [2.24, 2.45) is 0 Å². The van der Waals surface area contributed by atoms with Crippen LogP contribution in [0, 0.1) is 0 Å². The molecule has 2 rings (SSSR count). The smallest absolute Gasteiger partial charge is 0.0346 e. The molecule has 1 atom stereocenters. The predicted octanol–water partition coefficient (Wildman–Crippen LogP) is 3.69. The fraction of sp³-hybridized carbons (Fsp3) is 0.400. The van der Waals surface area contributed by atoms with E-state index in [0.29, 0.717) is 6.04 Å². The standard InChI is InChI=1S/C15H20N2/c1-3-9-17-15(4-2)14-7-5-6-12-11-16-10-8-13(12)14/h5-8,10-11,15,17H,3-4,9H2,1-2H3. The van der Waals surface area contributed by atoms with Crippen LogP contribution in [-0.2, 0) is 0 Å². The molecular weight excluding hydrogens is 208 g/mol. The molecule has 0 aliphatic carbocycles. The molecule has 90 valence electrons. The first-order chi connectivity index (χ1) is 8.36.